The molecule has 0 aliphatic carbocycles. The number of anilines is 2. The van der Waals surface area contributed by atoms with Crippen LogP contribution < -0.4 is 11.1 Å². The summed E-state index contributed by atoms with van der Waals surface area (Å²) in [5.74, 6) is 0.722. The third-order valence-electron chi connectivity index (χ3n) is 1.76. The van der Waals surface area contributed by atoms with Crippen LogP contribution in [0.4, 0.5) is 11.8 Å². The van der Waals surface area contributed by atoms with E-state index in [2.05, 4.69) is 15.3 Å². The molecule has 0 saturated carbocycles. The molecular formula is C9H13N5. The van der Waals surface area contributed by atoms with Gasteiger partial charge in [0.05, 0.1) is 5.69 Å². The van der Waals surface area contributed by atoms with Gasteiger partial charge in [0.1, 0.15) is 17.5 Å². The Morgan fingerprint density at radius 2 is 2.21 bits per heavy atom. The molecule has 5 nitrogen and oxygen atoms in total. The van der Waals surface area contributed by atoms with Gasteiger partial charge in [0.2, 0.25) is 5.95 Å². The number of nitrogens with zero attached hydrogens (tertiary/aromatic N) is 3. The number of nitrogen functional groups attached to an aromatic ring is 1. The second-order valence-electron chi connectivity index (χ2n) is 2.93. The van der Waals surface area contributed by atoms with E-state index in [-0.39, 0.29) is 5.82 Å². The van der Waals surface area contributed by atoms with Gasteiger partial charge in [-0.1, -0.05) is 6.92 Å². The van der Waals surface area contributed by atoms with Crippen LogP contribution in [0.15, 0.2) is 0 Å². The van der Waals surface area contributed by atoms with E-state index in [0.29, 0.717) is 17.2 Å². The van der Waals surface area contributed by atoms with Crippen LogP contribution in [0.5, 0.6) is 0 Å². The summed E-state index contributed by atoms with van der Waals surface area (Å²) in [6.45, 7) is 4.59. The summed E-state index contributed by atoms with van der Waals surface area (Å²) in [6, 6.07) is 1.97. The Morgan fingerprint density at radius 3 is 2.71 bits per heavy atom. The minimum absolute atomic E-state index is 0.235. The average molecular weight is 191 g/mol. The van der Waals surface area contributed by atoms with E-state index in [0.717, 1.165) is 13.0 Å². The highest BCUT2D eigenvalue weighted by molar-refractivity contribution is 5.53. The third-order valence-corrected chi connectivity index (χ3v) is 1.76. The predicted molar refractivity (Wildman–Crippen MR) is 54.7 cm³/mol. The normalized spacial score (nSPS) is 9.50. The van der Waals surface area contributed by atoms with Crippen LogP contribution in [0.2, 0.25) is 0 Å². The number of rotatable bonds is 3. The first kappa shape index (κ1) is 10.3. The topological polar surface area (TPSA) is 87.6 Å². The molecule has 0 aliphatic heterocycles. The van der Waals surface area contributed by atoms with E-state index in [9.17, 15) is 0 Å². The Kier molecular flexibility index (Phi) is 3.24. The van der Waals surface area contributed by atoms with Gasteiger partial charge in [-0.15, -0.1) is 0 Å². The van der Waals surface area contributed by atoms with E-state index in [4.69, 9.17) is 11.0 Å². The Bertz CT molecular complexity index is 343. The molecule has 0 unspecified atom stereocenters. The van der Waals surface area contributed by atoms with Gasteiger partial charge in [-0.05, 0) is 13.3 Å². The van der Waals surface area contributed by atoms with Crippen LogP contribution in [0.3, 0.4) is 0 Å². The summed E-state index contributed by atoms with van der Waals surface area (Å²) in [7, 11) is 0. The first-order valence-corrected chi connectivity index (χ1v) is 4.47. The van der Waals surface area contributed by atoms with Crippen molar-refractivity contribution in [3.05, 3.63) is 11.3 Å². The lowest BCUT2D eigenvalue weighted by Gasteiger charge is -2.06. The highest BCUT2D eigenvalue weighted by Gasteiger charge is 2.07. The molecule has 5 heteroatoms. The van der Waals surface area contributed by atoms with Crippen molar-refractivity contribution in [2.24, 2.45) is 0 Å². The fraction of sp³-hybridized carbons (Fsp3) is 0.444. The minimum atomic E-state index is 0.235. The molecule has 0 aliphatic rings. The fourth-order valence-electron chi connectivity index (χ4n) is 1.05. The van der Waals surface area contributed by atoms with Gasteiger partial charge in [-0.3, -0.25) is 0 Å². The van der Waals surface area contributed by atoms with Crippen LogP contribution in [0, 0.1) is 18.3 Å². The Morgan fingerprint density at radius 1 is 1.50 bits per heavy atom. The van der Waals surface area contributed by atoms with E-state index < -0.39 is 0 Å². The van der Waals surface area contributed by atoms with Crippen molar-refractivity contribution in [1.82, 2.24) is 9.97 Å². The maximum absolute atomic E-state index is 8.74. The maximum atomic E-state index is 8.74. The zero-order chi connectivity index (χ0) is 10.6. The number of hydrogen-bond donors (Lipinski definition) is 2. The Labute approximate surface area is 83.0 Å². The zero-order valence-corrected chi connectivity index (χ0v) is 8.33. The smallest absolute Gasteiger partial charge is 0.224 e. The highest BCUT2D eigenvalue weighted by atomic mass is 15.1. The standard InChI is InChI=1S/C9H13N5/c1-3-4-12-9-13-6(2)7(5-10)8(11)14-9/h3-4H2,1-2H3,(H3,11,12,13,14). The molecule has 0 atom stereocenters. The molecule has 1 heterocycles. The van der Waals surface area contributed by atoms with Crippen molar-refractivity contribution in [2.75, 3.05) is 17.6 Å². The van der Waals surface area contributed by atoms with Crippen molar-refractivity contribution >= 4 is 11.8 Å². The third kappa shape index (κ3) is 2.10. The van der Waals surface area contributed by atoms with Gasteiger partial charge >= 0.3 is 0 Å². The van der Waals surface area contributed by atoms with Gasteiger partial charge in [0.15, 0.2) is 0 Å². The summed E-state index contributed by atoms with van der Waals surface area (Å²) >= 11 is 0. The van der Waals surface area contributed by atoms with E-state index in [1.807, 2.05) is 13.0 Å². The van der Waals surface area contributed by atoms with Crippen LogP contribution in [-0.4, -0.2) is 16.5 Å². The van der Waals surface area contributed by atoms with Gasteiger partial charge in [-0.25, -0.2) is 4.98 Å². The first-order valence-electron chi connectivity index (χ1n) is 4.47. The molecule has 3 N–H and O–H groups in total. The van der Waals surface area contributed by atoms with Crippen molar-refractivity contribution in [1.29, 1.82) is 5.26 Å². The lowest BCUT2D eigenvalue weighted by Crippen LogP contribution is -2.08. The molecule has 0 amide bonds. The lowest BCUT2D eigenvalue weighted by molar-refractivity contribution is 0.946. The summed E-state index contributed by atoms with van der Waals surface area (Å²) < 4.78 is 0. The largest absolute Gasteiger partial charge is 0.382 e. The maximum Gasteiger partial charge on any atom is 0.224 e. The number of aromatic nitrogens is 2. The number of hydrogen-bond acceptors (Lipinski definition) is 5. The molecule has 14 heavy (non-hydrogen) atoms. The van der Waals surface area contributed by atoms with Crippen molar-refractivity contribution in [3.8, 4) is 6.07 Å². The average Bonchev–Trinajstić information content (AvgIpc) is 2.14. The van der Waals surface area contributed by atoms with Gasteiger partial charge < -0.3 is 11.1 Å². The number of nitriles is 1. The molecule has 0 spiro atoms. The minimum Gasteiger partial charge on any atom is -0.382 e. The SMILES string of the molecule is CCCNc1nc(C)c(C#N)c(N)n1. The van der Waals surface area contributed by atoms with E-state index in [1.54, 1.807) is 6.92 Å². The zero-order valence-electron chi connectivity index (χ0n) is 8.33. The number of nitrogens with two attached hydrogens (primary N) is 1. The molecule has 74 valence electrons. The van der Waals surface area contributed by atoms with Crippen LogP contribution >= 0.6 is 0 Å². The van der Waals surface area contributed by atoms with Crippen molar-refractivity contribution in [2.45, 2.75) is 20.3 Å². The van der Waals surface area contributed by atoms with Crippen LogP contribution in [0.25, 0.3) is 0 Å². The molecule has 1 aromatic rings. The van der Waals surface area contributed by atoms with Crippen LogP contribution in [-0.2, 0) is 0 Å². The Hall–Kier alpha value is -1.83. The second-order valence-corrected chi connectivity index (χ2v) is 2.93. The Balaban J connectivity index is 2.97. The first-order chi connectivity index (χ1) is 6.69. The summed E-state index contributed by atoms with van der Waals surface area (Å²) in [4.78, 5) is 8.09. The molecule has 0 radical (unpaired) electrons. The summed E-state index contributed by atoms with van der Waals surface area (Å²) in [5, 5.41) is 11.8. The predicted octanol–water partition coefficient (Wildman–Crippen LogP) is 1.06. The summed E-state index contributed by atoms with van der Waals surface area (Å²) in [6.07, 6.45) is 0.988. The summed E-state index contributed by atoms with van der Waals surface area (Å²) in [5.41, 5.74) is 6.55. The monoisotopic (exact) mass is 191 g/mol. The molecule has 0 bridgehead atoms. The molecule has 1 aromatic heterocycles. The lowest BCUT2D eigenvalue weighted by atomic mass is 10.2. The van der Waals surface area contributed by atoms with Crippen LogP contribution in [0.1, 0.15) is 24.6 Å². The molecule has 1 rings (SSSR count). The van der Waals surface area contributed by atoms with Crippen molar-refractivity contribution < 1.29 is 0 Å². The highest BCUT2D eigenvalue weighted by Crippen LogP contribution is 2.13. The molecule has 0 fully saturated rings. The van der Waals surface area contributed by atoms with E-state index >= 15 is 0 Å². The van der Waals surface area contributed by atoms with E-state index in [1.165, 1.54) is 0 Å². The van der Waals surface area contributed by atoms with Gasteiger partial charge in [0, 0.05) is 6.54 Å². The quantitative estimate of drug-likeness (QED) is 0.745. The molecule has 0 saturated heterocycles. The number of nitrogens with one attached hydrogen (secondary N) is 1. The molecular weight excluding hydrogens is 178 g/mol. The van der Waals surface area contributed by atoms with Crippen molar-refractivity contribution in [3.63, 3.8) is 0 Å². The van der Waals surface area contributed by atoms with Gasteiger partial charge in [0.25, 0.3) is 0 Å². The second kappa shape index (κ2) is 4.42. The molecule has 0 aromatic carbocycles. The number of aryl methyl sites for hydroxylation is 1. The fourth-order valence-corrected chi connectivity index (χ4v) is 1.05. The van der Waals surface area contributed by atoms with Gasteiger partial charge in [-0.2, -0.15) is 10.2 Å².